The molecule has 0 aliphatic carbocycles. The third kappa shape index (κ3) is 5.24. The highest BCUT2D eigenvalue weighted by molar-refractivity contribution is 6.09. The number of ether oxygens (including phenoxy) is 2. The van der Waals surface area contributed by atoms with E-state index in [0.717, 1.165) is 19.4 Å². The lowest BCUT2D eigenvalue weighted by atomic mass is 10.0. The van der Waals surface area contributed by atoms with Crippen molar-refractivity contribution in [2.24, 2.45) is 0 Å². The minimum atomic E-state index is -0.610. The average molecular weight is 367 g/mol. The molecule has 1 atom stereocenters. The number of rotatable bonds is 7. The number of hydrogen-bond acceptors (Lipinski definition) is 5. The Hall–Kier alpha value is -2.99. The first-order valence-corrected chi connectivity index (χ1v) is 8.89. The summed E-state index contributed by atoms with van der Waals surface area (Å²) in [5, 5.41) is 2.69. The molecule has 0 unspecified atom stereocenters. The molecule has 1 saturated heterocycles. The molecule has 1 aliphatic heterocycles. The van der Waals surface area contributed by atoms with Crippen molar-refractivity contribution in [1.82, 2.24) is 5.32 Å². The fraction of sp³-hybridized carbons (Fsp3) is 0.286. The third-order valence-electron chi connectivity index (χ3n) is 4.30. The van der Waals surface area contributed by atoms with Gasteiger partial charge in [-0.15, -0.1) is 0 Å². The molecule has 2 aromatic carbocycles. The van der Waals surface area contributed by atoms with Crippen molar-refractivity contribution in [3.8, 4) is 0 Å². The Morgan fingerprint density at radius 2 is 1.63 bits per heavy atom. The lowest BCUT2D eigenvalue weighted by molar-refractivity contribution is -0.124. The van der Waals surface area contributed by atoms with Gasteiger partial charge in [-0.25, -0.2) is 4.79 Å². The Morgan fingerprint density at radius 1 is 0.963 bits per heavy atom. The van der Waals surface area contributed by atoms with Gasteiger partial charge in [0, 0.05) is 24.3 Å². The summed E-state index contributed by atoms with van der Waals surface area (Å²) >= 11 is 0. The third-order valence-corrected chi connectivity index (χ3v) is 4.30. The van der Waals surface area contributed by atoms with Gasteiger partial charge < -0.3 is 14.8 Å². The lowest BCUT2D eigenvalue weighted by Crippen LogP contribution is -2.34. The summed E-state index contributed by atoms with van der Waals surface area (Å²) in [5.41, 5.74) is 1.34. The zero-order valence-corrected chi connectivity index (χ0v) is 14.9. The molecular weight excluding hydrogens is 346 g/mol. The zero-order chi connectivity index (χ0) is 19.1. The van der Waals surface area contributed by atoms with E-state index in [2.05, 4.69) is 5.32 Å². The maximum absolute atomic E-state index is 12.3. The number of esters is 1. The summed E-state index contributed by atoms with van der Waals surface area (Å²) in [7, 11) is 0. The molecule has 0 saturated carbocycles. The molecule has 1 N–H and O–H groups in total. The molecular formula is C21H21NO5. The Balaban J connectivity index is 1.48. The van der Waals surface area contributed by atoms with E-state index < -0.39 is 5.97 Å². The van der Waals surface area contributed by atoms with Gasteiger partial charge in [0.2, 0.25) is 0 Å². The Kier molecular flexibility index (Phi) is 6.33. The summed E-state index contributed by atoms with van der Waals surface area (Å²) in [4.78, 5) is 36.1. The van der Waals surface area contributed by atoms with Crippen molar-refractivity contribution in [2.45, 2.75) is 18.9 Å². The predicted molar refractivity (Wildman–Crippen MR) is 98.6 cm³/mol. The number of hydrogen-bond donors (Lipinski definition) is 1. The quantitative estimate of drug-likeness (QED) is 0.600. The number of ketones is 1. The molecule has 0 bridgehead atoms. The molecule has 6 heteroatoms. The maximum atomic E-state index is 12.3. The van der Waals surface area contributed by atoms with Gasteiger partial charge in [-0.3, -0.25) is 9.59 Å². The maximum Gasteiger partial charge on any atom is 0.338 e. The van der Waals surface area contributed by atoms with Gasteiger partial charge in [-0.05, 0) is 25.0 Å². The molecule has 0 radical (unpaired) electrons. The highest BCUT2D eigenvalue weighted by Crippen LogP contribution is 2.12. The van der Waals surface area contributed by atoms with Crippen LogP contribution in [0.1, 0.15) is 39.1 Å². The van der Waals surface area contributed by atoms with Crippen LogP contribution in [0.5, 0.6) is 0 Å². The van der Waals surface area contributed by atoms with Crippen LogP contribution >= 0.6 is 0 Å². The number of amides is 1. The number of carbonyl (C=O) groups excluding carboxylic acids is 3. The molecule has 0 aromatic heterocycles. The van der Waals surface area contributed by atoms with Crippen molar-refractivity contribution in [2.75, 3.05) is 19.8 Å². The van der Waals surface area contributed by atoms with Crippen molar-refractivity contribution in [3.63, 3.8) is 0 Å². The molecule has 6 nitrogen and oxygen atoms in total. The minimum absolute atomic E-state index is 0.0411. The van der Waals surface area contributed by atoms with Gasteiger partial charge in [0.1, 0.15) is 0 Å². The molecule has 1 amide bonds. The van der Waals surface area contributed by atoms with E-state index in [1.165, 1.54) is 12.1 Å². The van der Waals surface area contributed by atoms with Crippen molar-refractivity contribution in [3.05, 3.63) is 71.3 Å². The fourth-order valence-electron chi connectivity index (χ4n) is 2.81. The Bertz CT molecular complexity index is 795. The summed E-state index contributed by atoms with van der Waals surface area (Å²) in [6.07, 6.45) is 1.96. The first-order chi connectivity index (χ1) is 13.1. The van der Waals surface area contributed by atoms with Gasteiger partial charge >= 0.3 is 5.97 Å². The van der Waals surface area contributed by atoms with Crippen LogP contribution in [0.15, 0.2) is 54.6 Å². The second kappa shape index (κ2) is 9.09. The average Bonchev–Trinajstić information content (AvgIpc) is 3.24. The predicted octanol–water partition coefficient (Wildman–Crippen LogP) is 2.37. The highest BCUT2D eigenvalue weighted by atomic mass is 16.5. The van der Waals surface area contributed by atoms with Gasteiger partial charge in [0.05, 0.1) is 11.7 Å². The summed E-state index contributed by atoms with van der Waals surface area (Å²) in [5.74, 6) is -1.10. The van der Waals surface area contributed by atoms with Crippen LogP contribution < -0.4 is 5.32 Å². The lowest BCUT2D eigenvalue weighted by Gasteiger charge is -2.11. The standard InChI is InChI=1S/C21H21NO5/c23-19(22-13-18-7-4-12-26-18)14-27-21(25)17-10-8-16(9-11-17)20(24)15-5-2-1-3-6-15/h1-3,5-6,8-11,18H,4,7,12-14H2,(H,22,23)/t18-/m1/s1. The van der Waals surface area contributed by atoms with E-state index in [9.17, 15) is 14.4 Å². The highest BCUT2D eigenvalue weighted by Gasteiger charge is 2.17. The second-order valence-electron chi connectivity index (χ2n) is 6.29. The van der Waals surface area contributed by atoms with E-state index in [1.807, 2.05) is 6.07 Å². The van der Waals surface area contributed by atoms with E-state index in [-0.39, 0.29) is 30.0 Å². The van der Waals surface area contributed by atoms with Crippen LogP contribution in [0.3, 0.4) is 0 Å². The van der Waals surface area contributed by atoms with Crippen LogP contribution in [0.2, 0.25) is 0 Å². The minimum Gasteiger partial charge on any atom is -0.452 e. The molecule has 3 rings (SSSR count). The van der Waals surface area contributed by atoms with Crippen LogP contribution in [0, 0.1) is 0 Å². The van der Waals surface area contributed by atoms with E-state index in [0.29, 0.717) is 17.7 Å². The first-order valence-electron chi connectivity index (χ1n) is 8.89. The summed E-state index contributed by atoms with van der Waals surface area (Å²) in [6, 6.07) is 15.1. The van der Waals surface area contributed by atoms with Gasteiger partial charge in [-0.2, -0.15) is 0 Å². The number of carbonyl (C=O) groups is 3. The second-order valence-corrected chi connectivity index (χ2v) is 6.29. The smallest absolute Gasteiger partial charge is 0.338 e. The Morgan fingerprint density at radius 3 is 2.30 bits per heavy atom. The van der Waals surface area contributed by atoms with Crippen LogP contribution in [0.25, 0.3) is 0 Å². The molecule has 0 spiro atoms. The van der Waals surface area contributed by atoms with Gasteiger partial charge in [-0.1, -0.05) is 42.5 Å². The number of nitrogens with one attached hydrogen (secondary N) is 1. The molecule has 1 heterocycles. The summed E-state index contributed by atoms with van der Waals surface area (Å²) < 4.78 is 10.4. The molecule has 140 valence electrons. The number of benzene rings is 2. The molecule has 1 fully saturated rings. The van der Waals surface area contributed by atoms with Crippen LogP contribution in [0.4, 0.5) is 0 Å². The molecule has 1 aliphatic rings. The normalized spacial score (nSPS) is 15.9. The van der Waals surface area contributed by atoms with Crippen molar-refractivity contribution in [1.29, 1.82) is 0 Å². The van der Waals surface area contributed by atoms with Crippen molar-refractivity contribution >= 4 is 17.7 Å². The van der Waals surface area contributed by atoms with E-state index >= 15 is 0 Å². The van der Waals surface area contributed by atoms with Gasteiger partial charge in [0.15, 0.2) is 12.4 Å². The van der Waals surface area contributed by atoms with Crippen molar-refractivity contribution < 1.29 is 23.9 Å². The Labute approximate surface area is 157 Å². The molecule has 2 aromatic rings. The largest absolute Gasteiger partial charge is 0.452 e. The van der Waals surface area contributed by atoms with E-state index in [4.69, 9.17) is 9.47 Å². The van der Waals surface area contributed by atoms with Crippen LogP contribution in [-0.4, -0.2) is 43.5 Å². The summed E-state index contributed by atoms with van der Waals surface area (Å²) in [6.45, 7) is 0.793. The van der Waals surface area contributed by atoms with Crippen LogP contribution in [-0.2, 0) is 14.3 Å². The van der Waals surface area contributed by atoms with Gasteiger partial charge in [0.25, 0.3) is 5.91 Å². The first kappa shape index (κ1) is 18.8. The fourth-order valence-corrected chi connectivity index (χ4v) is 2.81. The zero-order valence-electron chi connectivity index (χ0n) is 14.9. The van der Waals surface area contributed by atoms with E-state index in [1.54, 1.807) is 36.4 Å². The molecule has 27 heavy (non-hydrogen) atoms. The monoisotopic (exact) mass is 367 g/mol. The topological polar surface area (TPSA) is 81.7 Å². The SMILES string of the molecule is O=C(COC(=O)c1ccc(C(=O)c2ccccc2)cc1)NC[C@H]1CCCO1.